The van der Waals surface area contributed by atoms with E-state index in [1.807, 2.05) is 0 Å². The lowest BCUT2D eigenvalue weighted by molar-refractivity contribution is -0.0575. The van der Waals surface area contributed by atoms with Gasteiger partial charge in [0.1, 0.15) is 0 Å². The molecule has 0 aliphatic heterocycles. The normalized spacial score (nSPS) is 45.3. The van der Waals surface area contributed by atoms with Crippen molar-refractivity contribution in [1.82, 2.24) is 0 Å². The van der Waals surface area contributed by atoms with Crippen LogP contribution in [0.3, 0.4) is 0 Å². The molecule has 172 valence electrons. The van der Waals surface area contributed by atoms with Crippen molar-refractivity contribution < 1.29 is 5.11 Å². The summed E-state index contributed by atoms with van der Waals surface area (Å²) in [5, 5.41) is 10.2. The second-order valence-corrected chi connectivity index (χ2v) is 12.9. The zero-order valence-electron chi connectivity index (χ0n) is 20.9. The van der Waals surface area contributed by atoms with Crippen LogP contribution in [0.1, 0.15) is 112 Å². The van der Waals surface area contributed by atoms with E-state index in [2.05, 4.69) is 47.6 Å². The second kappa shape index (κ2) is 8.57. The molecule has 9 atom stereocenters. The average molecular weight is 415 g/mol. The van der Waals surface area contributed by atoms with Crippen molar-refractivity contribution in [1.29, 1.82) is 0 Å². The van der Waals surface area contributed by atoms with E-state index in [0.29, 0.717) is 10.8 Å². The van der Waals surface area contributed by atoms with Gasteiger partial charge in [0, 0.05) is 0 Å². The molecule has 0 heterocycles. The first-order chi connectivity index (χ1) is 14.2. The third-order valence-corrected chi connectivity index (χ3v) is 11.3. The summed E-state index contributed by atoms with van der Waals surface area (Å²) >= 11 is 0. The van der Waals surface area contributed by atoms with Crippen molar-refractivity contribution in [3.05, 3.63) is 11.6 Å². The average Bonchev–Trinajstić information content (AvgIpc) is 3.06. The molecule has 1 heteroatoms. The fraction of sp³-hybridized carbons (Fsp3) is 0.931. The smallest absolute Gasteiger partial charge is 0.0577 e. The fourth-order valence-corrected chi connectivity index (χ4v) is 9.30. The van der Waals surface area contributed by atoms with E-state index in [1.165, 1.54) is 57.8 Å². The Morgan fingerprint density at radius 3 is 2.47 bits per heavy atom. The summed E-state index contributed by atoms with van der Waals surface area (Å²) < 4.78 is 0. The Hall–Kier alpha value is -0.300. The molecule has 3 fully saturated rings. The Kier molecular flexibility index (Phi) is 6.53. The topological polar surface area (TPSA) is 20.2 Å². The Labute approximate surface area is 187 Å². The van der Waals surface area contributed by atoms with E-state index in [0.717, 1.165) is 54.3 Å². The van der Waals surface area contributed by atoms with E-state index in [4.69, 9.17) is 0 Å². The quantitative estimate of drug-likeness (QED) is 0.436. The van der Waals surface area contributed by atoms with Crippen LogP contribution >= 0.6 is 0 Å². The predicted octanol–water partition coefficient (Wildman–Crippen LogP) is 8.02. The summed E-state index contributed by atoms with van der Waals surface area (Å²) in [4.78, 5) is 0. The van der Waals surface area contributed by atoms with Crippen LogP contribution < -0.4 is 0 Å². The highest BCUT2D eigenvalue weighted by atomic mass is 16.3. The van der Waals surface area contributed by atoms with Crippen LogP contribution in [0.5, 0.6) is 0 Å². The minimum Gasteiger partial charge on any atom is -0.393 e. The Morgan fingerprint density at radius 1 is 1.00 bits per heavy atom. The Bertz CT molecular complexity index is 634. The molecule has 0 aromatic heterocycles. The molecule has 0 amide bonds. The first-order valence-electron chi connectivity index (χ1n) is 13.6. The van der Waals surface area contributed by atoms with Crippen LogP contribution in [0.25, 0.3) is 0 Å². The van der Waals surface area contributed by atoms with Gasteiger partial charge in [-0.25, -0.2) is 0 Å². The number of hydrogen-bond donors (Lipinski definition) is 1. The zero-order valence-corrected chi connectivity index (χ0v) is 20.9. The Morgan fingerprint density at radius 2 is 1.77 bits per heavy atom. The van der Waals surface area contributed by atoms with Gasteiger partial charge in [0.25, 0.3) is 0 Å². The van der Waals surface area contributed by atoms with Gasteiger partial charge in [-0.2, -0.15) is 0 Å². The molecule has 0 spiro atoms. The van der Waals surface area contributed by atoms with E-state index in [9.17, 15) is 5.11 Å². The number of fused-ring (bicyclic) bond motifs is 5. The van der Waals surface area contributed by atoms with Gasteiger partial charge in [0.05, 0.1) is 6.10 Å². The van der Waals surface area contributed by atoms with Crippen LogP contribution in [0, 0.1) is 52.3 Å². The predicted molar refractivity (Wildman–Crippen MR) is 128 cm³/mol. The summed E-state index contributed by atoms with van der Waals surface area (Å²) in [5.74, 6) is 6.31. The van der Waals surface area contributed by atoms with Gasteiger partial charge in [0.2, 0.25) is 0 Å². The van der Waals surface area contributed by atoms with E-state index in [1.54, 1.807) is 5.57 Å². The summed E-state index contributed by atoms with van der Waals surface area (Å²) in [6.07, 6.45) is 17.1. The molecule has 0 saturated heterocycles. The zero-order chi connectivity index (χ0) is 21.7. The monoisotopic (exact) mass is 414 g/mol. The standard InChI is InChI=1S/C29H50O/c1-7-21(19(2)3)9-8-20(4)25-12-13-26-24-11-10-22-18-23(30)14-16-28(22,5)27(24)15-17-29(25,26)6/h10,19-21,23-27,30H,7-9,11-18H2,1-6H3/t20-,21+,23+,24+,25+,26+,27+,28+,29+/m1/s1. The maximum absolute atomic E-state index is 10.2. The summed E-state index contributed by atoms with van der Waals surface area (Å²) in [6, 6.07) is 0. The van der Waals surface area contributed by atoms with Crippen LogP contribution in [0.4, 0.5) is 0 Å². The Balaban J connectivity index is 1.47. The second-order valence-electron chi connectivity index (χ2n) is 12.9. The van der Waals surface area contributed by atoms with Crippen molar-refractivity contribution in [2.24, 2.45) is 52.3 Å². The van der Waals surface area contributed by atoms with Gasteiger partial charge >= 0.3 is 0 Å². The summed E-state index contributed by atoms with van der Waals surface area (Å²) in [6.45, 7) is 15.1. The minimum absolute atomic E-state index is 0.0794. The van der Waals surface area contributed by atoms with Crippen LogP contribution in [-0.4, -0.2) is 11.2 Å². The van der Waals surface area contributed by atoms with Gasteiger partial charge in [-0.15, -0.1) is 0 Å². The molecule has 0 unspecified atom stereocenters. The van der Waals surface area contributed by atoms with Gasteiger partial charge < -0.3 is 5.11 Å². The van der Waals surface area contributed by atoms with Crippen molar-refractivity contribution >= 4 is 0 Å². The minimum atomic E-state index is -0.0794. The molecule has 0 aromatic carbocycles. The van der Waals surface area contributed by atoms with Gasteiger partial charge in [-0.1, -0.05) is 66.0 Å². The number of rotatable bonds is 6. The number of aliphatic hydroxyl groups excluding tert-OH is 1. The molecule has 3 saturated carbocycles. The first kappa shape index (κ1) is 22.9. The highest BCUT2D eigenvalue weighted by molar-refractivity contribution is 5.25. The van der Waals surface area contributed by atoms with Gasteiger partial charge in [0.15, 0.2) is 0 Å². The van der Waals surface area contributed by atoms with Gasteiger partial charge in [-0.3, -0.25) is 0 Å². The molecular formula is C29H50O. The molecule has 4 rings (SSSR count). The maximum Gasteiger partial charge on any atom is 0.0577 e. The van der Waals surface area contributed by atoms with Crippen LogP contribution in [0.15, 0.2) is 11.6 Å². The van der Waals surface area contributed by atoms with Crippen molar-refractivity contribution in [2.75, 3.05) is 0 Å². The third-order valence-electron chi connectivity index (χ3n) is 11.3. The van der Waals surface area contributed by atoms with E-state index < -0.39 is 0 Å². The number of aliphatic hydroxyl groups is 1. The number of hydrogen-bond acceptors (Lipinski definition) is 1. The number of allylic oxidation sites excluding steroid dienone is 1. The molecule has 4 aliphatic carbocycles. The van der Waals surface area contributed by atoms with Crippen molar-refractivity contribution in [3.63, 3.8) is 0 Å². The molecule has 4 aliphatic rings. The SMILES string of the molecule is CC[C@@H](CC[C@@H](C)[C@@H]1CC[C@H]2[C@@H]3CC=C4C[C@@H](O)CC[C@]4(C)[C@H]3CC[C@]21C)C(C)C. The van der Waals surface area contributed by atoms with E-state index in [-0.39, 0.29) is 6.10 Å². The summed E-state index contributed by atoms with van der Waals surface area (Å²) in [7, 11) is 0. The maximum atomic E-state index is 10.2. The molecular weight excluding hydrogens is 364 g/mol. The van der Waals surface area contributed by atoms with Crippen molar-refractivity contribution in [3.8, 4) is 0 Å². The lowest BCUT2D eigenvalue weighted by Gasteiger charge is -2.58. The van der Waals surface area contributed by atoms with E-state index >= 15 is 0 Å². The molecule has 1 N–H and O–H groups in total. The first-order valence-corrected chi connectivity index (χ1v) is 13.6. The molecule has 1 nitrogen and oxygen atoms in total. The van der Waals surface area contributed by atoms with Crippen LogP contribution in [0.2, 0.25) is 0 Å². The molecule has 30 heavy (non-hydrogen) atoms. The van der Waals surface area contributed by atoms with Crippen molar-refractivity contribution in [2.45, 2.75) is 118 Å². The van der Waals surface area contributed by atoms with Crippen LogP contribution in [-0.2, 0) is 0 Å². The van der Waals surface area contributed by atoms with Gasteiger partial charge in [-0.05, 0) is 110 Å². The summed E-state index contributed by atoms with van der Waals surface area (Å²) in [5.41, 5.74) is 2.59. The fourth-order valence-electron chi connectivity index (χ4n) is 9.30. The molecule has 0 bridgehead atoms. The lowest BCUT2D eigenvalue weighted by atomic mass is 9.47. The third kappa shape index (κ3) is 3.74. The highest BCUT2D eigenvalue weighted by Gasteiger charge is 2.59. The molecule has 0 radical (unpaired) electrons. The lowest BCUT2D eigenvalue weighted by Crippen LogP contribution is -2.50. The highest BCUT2D eigenvalue weighted by Crippen LogP contribution is 2.67. The molecule has 0 aromatic rings. The largest absolute Gasteiger partial charge is 0.393 e.